The van der Waals surface area contributed by atoms with Gasteiger partial charge in [-0.1, -0.05) is 12.2 Å². The van der Waals surface area contributed by atoms with Crippen LogP contribution in [0.2, 0.25) is 0 Å². The van der Waals surface area contributed by atoms with Crippen molar-refractivity contribution in [3.8, 4) is 0 Å². The number of quaternary nitrogens is 1. The van der Waals surface area contributed by atoms with Crippen LogP contribution in [0.15, 0.2) is 12.2 Å². The molecule has 74 valence electrons. The monoisotopic (exact) mass is 285 g/mol. The van der Waals surface area contributed by atoms with Crippen LogP contribution >= 0.6 is 0 Å². The van der Waals surface area contributed by atoms with Gasteiger partial charge in [0.05, 0.1) is 27.7 Å². The van der Waals surface area contributed by atoms with Gasteiger partial charge in [0.2, 0.25) is 0 Å². The normalized spacial score (nSPS) is 13.4. The first-order valence-corrected chi connectivity index (χ1v) is 3.91. The van der Waals surface area contributed by atoms with Crippen molar-refractivity contribution in [2.24, 2.45) is 0 Å². The minimum atomic E-state index is 0. The molecule has 0 amide bonds. The zero-order valence-electron chi connectivity index (χ0n) is 8.72. The van der Waals surface area contributed by atoms with E-state index < -0.39 is 0 Å². The molecule has 0 fully saturated rings. The molecule has 0 heterocycles. The molecular formula is C9H20INO. The Morgan fingerprint density at radius 1 is 1.42 bits per heavy atom. The molecule has 0 aromatic rings. The van der Waals surface area contributed by atoms with E-state index in [-0.39, 0.29) is 30.2 Å². The maximum Gasteiger partial charge on any atom is 0.190 e. The molecule has 0 aliphatic heterocycles. The summed E-state index contributed by atoms with van der Waals surface area (Å²) in [5.41, 5.74) is 1.07. The minimum Gasteiger partial charge on any atom is -1.00 e. The summed E-state index contributed by atoms with van der Waals surface area (Å²) in [4.78, 5) is 0. The molecule has 12 heavy (non-hydrogen) atoms. The fourth-order valence-corrected chi connectivity index (χ4v) is 0.486. The van der Waals surface area contributed by atoms with Crippen LogP contribution in [0.4, 0.5) is 0 Å². The summed E-state index contributed by atoms with van der Waals surface area (Å²) in [5.74, 6) is 0. The van der Waals surface area contributed by atoms with Crippen molar-refractivity contribution in [2.75, 3.05) is 27.7 Å². The van der Waals surface area contributed by atoms with Crippen molar-refractivity contribution >= 4 is 0 Å². The highest BCUT2D eigenvalue weighted by Gasteiger charge is 2.17. The van der Waals surface area contributed by atoms with Gasteiger partial charge in [0.1, 0.15) is 0 Å². The molecule has 0 spiro atoms. The fraction of sp³-hybridized carbons (Fsp3) is 0.778. The highest BCUT2D eigenvalue weighted by molar-refractivity contribution is 4.87. The average molecular weight is 285 g/mol. The first kappa shape index (κ1) is 14.9. The summed E-state index contributed by atoms with van der Waals surface area (Å²) < 4.78 is 6.37. The summed E-state index contributed by atoms with van der Waals surface area (Å²) in [5, 5.41) is 0. The van der Waals surface area contributed by atoms with Gasteiger partial charge in [0.15, 0.2) is 6.23 Å². The molecule has 0 aromatic carbocycles. The second kappa shape index (κ2) is 5.94. The molecule has 0 saturated carbocycles. The van der Waals surface area contributed by atoms with Gasteiger partial charge >= 0.3 is 0 Å². The van der Waals surface area contributed by atoms with Crippen molar-refractivity contribution in [1.29, 1.82) is 0 Å². The number of rotatable bonds is 4. The second-order valence-corrected chi connectivity index (χ2v) is 3.98. The molecule has 1 atom stereocenters. The number of hydrogen-bond acceptors (Lipinski definition) is 1. The molecular weight excluding hydrogens is 265 g/mol. The number of halogens is 1. The SMILES string of the molecule is C=C(C)COC(C)[N+](C)(C)C.[I-]. The van der Waals surface area contributed by atoms with E-state index in [0.29, 0.717) is 6.61 Å². The van der Waals surface area contributed by atoms with E-state index in [4.69, 9.17) is 4.74 Å². The molecule has 0 saturated heterocycles. The molecule has 0 rings (SSSR count). The van der Waals surface area contributed by atoms with E-state index in [1.165, 1.54) is 0 Å². The van der Waals surface area contributed by atoms with E-state index in [1.54, 1.807) is 0 Å². The number of nitrogens with zero attached hydrogens (tertiary/aromatic N) is 1. The molecule has 0 aliphatic rings. The van der Waals surface area contributed by atoms with Gasteiger partial charge in [-0.2, -0.15) is 0 Å². The summed E-state index contributed by atoms with van der Waals surface area (Å²) in [6, 6.07) is 0. The van der Waals surface area contributed by atoms with Crippen LogP contribution in [-0.4, -0.2) is 38.5 Å². The Morgan fingerprint density at radius 3 is 2.08 bits per heavy atom. The van der Waals surface area contributed by atoms with Crippen molar-refractivity contribution in [3.63, 3.8) is 0 Å². The van der Waals surface area contributed by atoms with Crippen molar-refractivity contribution in [3.05, 3.63) is 12.2 Å². The number of ether oxygens (including phenoxy) is 1. The first-order chi connectivity index (χ1) is 4.84. The lowest BCUT2D eigenvalue weighted by molar-refractivity contribution is -0.917. The third-order valence-corrected chi connectivity index (χ3v) is 1.66. The van der Waals surface area contributed by atoms with Crippen LogP contribution < -0.4 is 24.0 Å². The highest BCUT2D eigenvalue weighted by Crippen LogP contribution is 2.04. The third kappa shape index (κ3) is 7.06. The standard InChI is InChI=1S/C9H20NO.HI/c1-8(2)7-11-9(3)10(4,5)6;/h9H,1,7H2,2-6H3;1H/q+1;/p-1. The van der Waals surface area contributed by atoms with Gasteiger partial charge in [-0.15, -0.1) is 0 Å². The van der Waals surface area contributed by atoms with Crippen LogP contribution in [0.3, 0.4) is 0 Å². The van der Waals surface area contributed by atoms with Gasteiger partial charge in [0, 0.05) is 6.92 Å². The molecule has 2 nitrogen and oxygen atoms in total. The van der Waals surface area contributed by atoms with Crippen LogP contribution in [0.1, 0.15) is 13.8 Å². The predicted octanol–water partition coefficient (Wildman–Crippen LogP) is -1.36. The quantitative estimate of drug-likeness (QED) is 0.268. The van der Waals surface area contributed by atoms with E-state index in [1.807, 2.05) is 6.92 Å². The maximum atomic E-state index is 5.54. The van der Waals surface area contributed by atoms with Gasteiger partial charge in [-0.3, -0.25) is 0 Å². The predicted molar refractivity (Wildman–Crippen MR) is 48.3 cm³/mol. The third-order valence-electron chi connectivity index (χ3n) is 1.66. The number of hydrogen-bond donors (Lipinski definition) is 0. The van der Waals surface area contributed by atoms with E-state index >= 15 is 0 Å². The van der Waals surface area contributed by atoms with Crippen LogP contribution in [-0.2, 0) is 4.74 Å². The summed E-state index contributed by atoms with van der Waals surface area (Å²) >= 11 is 0. The van der Waals surface area contributed by atoms with Crippen LogP contribution in [0, 0.1) is 0 Å². The Kier molecular flexibility index (Phi) is 7.37. The maximum absolute atomic E-state index is 5.54. The molecule has 0 radical (unpaired) electrons. The minimum absolute atomic E-state index is 0. The Morgan fingerprint density at radius 2 is 1.83 bits per heavy atom. The summed E-state index contributed by atoms with van der Waals surface area (Å²) in [7, 11) is 6.34. The molecule has 1 unspecified atom stereocenters. The Hall–Kier alpha value is 0.390. The van der Waals surface area contributed by atoms with E-state index in [2.05, 4.69) is 34.6 Å². The van der Waals surface area contributed by atoms with Crippen LogP contribution in [0.25, 0.3) is 0 Å². The van der Waals surface area contributed by atoms with Crippen molar-refractivity contribution < 1.29 is 33.2 Å². The smallest absolute Gasteiger partial charge is 0.190 e. The zero-order chi connectivity index (χ0) is 9.07. The first-order valence-electron chi connectivity index (χ1n) is 3.91. The summed E-state index contributed by atoms with van der Waals surface area (Å²) in [6.45, 7) is 8.49. The molecule has 0 N–H and O–H groups in total. The molecule has 0 aliphatic carbocycles. The van der Waals surface area contributed by atoms with Crippen molar-refractivity contribution in [1.82, 2.24) is 0 Å². The largest absolute Gasteiger partial charge is 1.00 e. The Balaban J connectivity index is 0. The van der Waals surface area contributed by atoms with E-state index in [9.17, 15) is 0 Å². The average Bonchev–Trinajstić information content (AvgIpc) is 1.80. The molecule has 0 aromatic heterocycles. The lowest BCUT2D eigenvalue weighted by Crippen LogP contribution is -3.00. The Labute approximate surface area is 93.2 Å². The lowest BCUT2D eigenvalue weighted by Gasteiger charge is -2.31. The van der Waals surface area contributed by atoms with E-state index in [0.717, 1.165) is 10.1 Å². The van der Waals surface area contributed by atoms with Gasteiger partial charge in [0.25, 0.3) is 0 Å². The van der Waals surface area contributed by atoms with Gasteiger partial charge < -0.3 is 33.2 Å². The van der Waals surface area contributed by atoms with Crippen LogP contribution in [0.5, 0.6) is 0 Å². The Bertz CT molecular complexity index is 140. The fourth-order valence-electron chi connectivity index (χ4n) is 0.486. The van der Waals surface area contributed by atoms with Gasteiger partial charge in [-0.05, 0) is 6.92 Å². The topological polar surface area (TPSA) is 9.23 Å². The highest BCUT2D eigenvalue weighted by atomic mass is 127. The van der Waals surface area contributed by atoms with Gasteiger partial charge in [-0.25, -0.2) is 0 Å². The summed E-state index contributed by atoms with van der Waals surface area (Å²) in [6.07, 6.45) is 0.228. The zero-order valence-corrected chi connectivity index (χ0v) is 10.9. The molecule has 0 bridgehead atoms. The second-order valence-electron chi connectivity index (χ2n) is 3.98. The lowest BCUT2D eigenvalue weighted by atomic mass is 10.4. The van der Waals surface area contributed by atoms with Crippen molar-refractivity contribution in [2.45, 2.75) is 20.1 Å². The molecule has 3 heteroatoms.